The van der Waals surface area contributed by atoms with Crippen molar-refractivity contribution in [3.63, 3.8) is 0 Å². The standard InChI is InChI=1S/C17H22ClN3O3/c1-17(2,3)24-16(22)20-7-4-12(5-8-20)23-14-11-21-9-6-19-15(21)10-13(14)18/h6,9-12H,4-5,7-8H2,1-3H3. The third kappa shape index (κ3) is 3.93. The Morgan fingerprint density at radius 1 is 1.33 bits per heavy atom. The van der Waals surface area contributed by atoms with E-state index in [0.29, 0.717) is 23.9 Å². The van der Waals surface area contributed by atoms with E-state index in [9.17, 15) is 4.79 Å². The Morgan fingerprint density at radius 3 is 2.71 bits per heavy atom. The van der Waals surface area contributed by atoms with Crippen LogP contribution in [-0.2, 0) is 4.74 Å². The number of nitrogens with zero attached hydrogens (tertiary/aromatic N) is 3. The zero-order chi connectivity index (χ0) is 17.3. The molecule has 0 aliphatic carbocycles. The molecule has 0 bridgehead atoms. The van der Waals surface area contributed by atoms with Crippen molar-refractivity contribution >= 4 is 23.3 Å². The largest absolute Gasteiger partial charge is 0.487 e. The number of carbonyl (C=O) groups is 1. The van der Waals surface area contributed by atoms with E-state index in [1.54, 1.807) is 17.2 Å². The van der Waals surface area contributed by atoms with Gasteiger partial charge in [-0.25, -0.2) is 9.78 Å². The quantitative estimate of drug-likeness (QED) is 0.826. The topological polar surface area (TPSA) is 56.1 Å². The summed E-state index contributed by atoms with van der Waals surface area (Å²) in [5.74, 6) is 0.637. The summed E-state index contributed by atoms with van der Waals surface area (Å²) in [5.41, 5.74) is 0.310. The molecule has 0 radical (unpaired) electrons. The fourth-order valence-corrected chi connectivity index (χ4v) is 2.86. The Kier molecular flexibility index (Phi) is 4.58. The van der Waals surface area contributed by atoms with Crippen LogP contribution in [0.25, 0.3) is 5.65 Å². The van der Waals surface area contributed by atoms with E-state index in [2.05, 4.69) is 4.98 Å². The van der Waals surface area contributed by atoms with Crippen LogP contribution in [0.1, 0.15) is 33.6 Å². The van der Waals surface area contributed by atoms with Gasteiger partial charge in [-0.15, -0.1) is 0 Å². The van der Waals surface area contributed by atoms with Gasteiger partial charge < -0.3 is 18.8 Å². The van der Waals surface area contributed by atoms with E-state index in [1.807, 2.05) is 37.6 Å². The van der Waals surface area contributed by atoms with Gasteiger partial charge in [-0.2, -0.15) is 0 Å². The monoisotopic (exact) mass is 351 g/mol. The fourth-order valence-electron chi connectivity index (χ4n) is 2.67. The lowest BCUT2D eigenvalue weighted by atomic mass is 10.1. The van der Waals surface area contributed by atoms with Crippen LogP contribution < -0.4 is 4.74 Å². The molecule has 0 atom stereocenters. The molecule has 0 unspecified atom stereocenters. The van der Waals surface area contributed by atoms with Crippen LogP contribution in [0, 0.1) is 0 Å². The van der Waals surface area contributed by atoms with Crippen molar-refractivity contribution in [2.24, 2.45) is 0 Å². The van der Waals surface area contributed by atoms with Crippen LogP contribution in [0.3, 0.4) is 0 Å². The summed E-state index contributed by atoms with van der Waals surface area (Å²) in [7, 11) is 0. The minimum Gasteiger partial charge on any atom is -0.487 e. The number of fused-ring (bicyclic) bond motifs is 1. The SMILES string of the molecule is CC(C)(C)OC(=O)N1CCC(Oc2cn3ccnc3cc2Cl)CC1. The summed E-state index contributed by atoms with van der Waals surface area (Å²) in [6.07, 6.45) is 6.67. The maximum absolute atomic E-state index is 12.1. The molecule has 1 aliphatic rings. The summed E-state index contributed by atoms with van der Waals surface area (Å²) < 4.78 is 13.3. The molecule has 1 aliphatic heterocycles. The van der Waals surface area contributed by atoms with Gasteiger partial charge in [0.05, 0.1) is 11.2 Å². The molecule has 24 heavy (non-hydrogen) atoms. The molecule has 1 amide bonds. The van der Waals surface area contributed by atoms with Gasteiger partial charge in [0.15, 0.2) is 5.75 Å². The molecule has 2 aromatic rings. The van der Waals surface area contributed by atoms with E-state index in [1.165, 1.54) is 0 Å². The van der Waals surface area contributed by atoms with Crippen LogP contribution in [0.4, 0.5) is 4.79 Å². The molecule has 1 saturated heterocycles. The molecule has 3 heterocycles. The lowest BCUT2D eigenvalue weighted by Crippen LogP contribution is -2.44. The average molecular weight is 352 g/mol. The highest BCUT2D eigenvalue weighted by molar-refractivity contribution is 6.32. The second-order valence-electron chi connectivity index (χ2n) is 6.96. The first-order valence-electron chi connectivity index (χ1n) is 8.08. The predicted octanol–water partition coefficient (Wildman–Crippen LogP) is 3.77. The number of imidazole rings is 1. The smallest absolute Gasteiger partial charge is 0.410 e. The number of ether oxygens (including phenoxy) is 2. The molecule has 1 fully saturated rings. The molecule has 2 aromatic heterocycles. The van der Waals surface area contributed by atoms with Gasteiger partial charge in [-0.1, -0.05) is 11.6 Å². The van der Waals surface area contributed by atoms with Crippen molar-refractivity contribution in [2.75, 3.05) is 13.1 Å². The number of amides is 1. The zero-order valence-corrected chi connectivity index (χ0v) is 14.9. The maximum atomic E-state index is 12.1. The summed E-state index contributed by atoms with van der Waals surface area (Å²) in [6.45, 7) is 6.84. The Bertz CT molecular complexity index is 730. The normalized spacial score (nSPS) is 16.4. The Balaban J connectivity index is 1.58. The molecule has 0 spiro atoms. The molecule has 0 saturated carbocycles. The van der Waals surface area contributed by atoms with Gasteiger partial charge in [0.1, 0.15) is 17.4 Å². The Hall–Kier alpha value is -1.95. The molecule has 130 valence electrons. The molecule has 6 nitrogen and oxygen atoms in total. The van der Waals surface area contributed by atoms with Crippen LogP contribution in [0.2, 0.25) is 5.02 Å². The fraction of sp³-hybridized carbons (Fsp3) is 0.529. The van der Waals surface area contributed by atoms with Crippen molar-refractivity contribution < 1.29 is 14.3 Å². The van der Waals surface area contributed by atoms with Crippen molar-refractivity contribution in [3.8, 4) is 5.75 Å². The van der Waals surface area contributed by atoms with Gasteiger partial charge in [-0.3, -0.25) is 0 Å². The molecule has 3 rings (SSSR count). The molecule has 0 aromatic carbocycles. The third-order valence-electron chi connectivity index (χ3n) is 3.83. The number of hydrogen-bond acceptors (Lipinski definition) is 4. The number of rotatable bonds is 2. The van der Waals surface area contributed by atoms with E-state index in [4.69, 9.17) is 21.1 Å². The average Bonchev–Trinajstić information content (AvgIpc) is 2.93. The van der Waals surface area contributed by atoms with E-state index >= 15 is 0 Å². The van der Waals surface area contributed by atoms with Crippen LogP contribution in [-0.4, -0.2) is 45.2 Å². The van der Waals surface area contributed by atoms with Crippen molar-refractivity contribution in [3.05, 3.63) is 29.7 Å². The highest BCUT2D eigenvalue weighted by Crippen LogP contribution is 2.28. The summed E-state index contributed by atoms with van der Waals surface area (Å²) >= 11 is 6.27. The highest BCUT2D eigenvalue weighted by Gasteiger charge is 2.28. The van der Waals surface area contributed by atoms with Crippen LogP contribution >= 0.6 is 11.6 Å². The maximum Gasteiger partial charge on any atom is 0.410 e. The number of aromatic nitrogens is 2. The summed E-state index contributed by atoms with van der Waals surface area (Å²) in [6, 6.07) is 1.78. The van der Waals surface area contributed by atoms with Gasteiger partial charge in [-0.05, 0) is 20.8 Å². The Labute approximate surface area is 146 Å². The zero-order valence-electron chi connectivity index (χ0n) is 14.2. The number of pyridine rings is 1. The lowest BCUT2D eigenvalue weighted by molar-refractivity contribution is 0.0126. The number of carbonyl (C=O) groups excluding carboxylic acids is 1. The number of halogens is 1. The number of hydrogen-bond donors (Lipinski definition) is 0. The van der Waals surface area contributed by atoms with Gasteiger partial charge in [0.2, 0.25) is 0 Å². The second-order valence-corrected chi connectivity index (χ2v) is 7.37. The minimum atomic E-state index is -0.474. The van der Waals surface area contributed by atoms with E-state index < -0.39 is 5.60 Å². The van der Waals surface area contributed by atoms with E-state index in [0.717, 1.165) is 18.5 Å². The predicted molar refractivity (Wildman–Crippen MR) is 91.7 cm³/mol. The van der Waals surface area contributed by atoms with Gasteiger partial charge in [0.25, 0.3) is 0 Å². The van der Waals surface area contributed by atoms with Crippen molar-refractivity contribution in [1.29, 1.82) is 0 Å². The van der Waals surface area contributed by atoms with Crippen molar-refractivity contribution in [2.45, 2.75) is 45.3 Å². The third-order valence-corrected chi connectivity index (χ3v) is 4.13. The molecular formula is C17H22ClN3O3. The van der Waals surface area contributed by atoms with Crippen LogP contribution in [0.5, 0.6) is 5.75 Å². The first kappa shape index (κ1) is 16.9. The molecular weight excluding hydrogens is 330 g/mol. The van der Waals surface area contributed by atoms with Gasteiger partial charge in [0, 0.05) is 44.4 Å². The summed E-state index contributed by atoms with van der Waals surface area (Å²) in [4.78, 5) is 18.0. The molecule has 7 heteroatoms. The number of likely N-dealkylation sites (tertiary alicyclic amines) is 1. The van der Waals surface area contributed by atoms with Gasteiger partial charge >= 0.3 is 6.09 Å². The Morgan fingerprint density at radius 2 is 2.04 bits per heavy atom. The van der Waals surface area contributed by atoms with E-state index in [-0.39, 0.29) is 12.2 Å². The lowest BCUT2D eigenvalue weighted by Gasteiger charge is -2.33. The summed E-state index contributed by atoms with van der Waals surface area (Å²) in [5, 5.41) is 0.545. The van der Waals surface area contributed by atoms with Crippen LogP contribution in [0.15, 0.2) is 24.7 Å². The minimum absolute atomic E-state index is 0.0298. The molecule has 0 N–H and O–H groups in total. The van der Waals surface area contributed by atoms with Crippen molar-refractivity contribution in [1.82, 2.24) is 14.3 Å². The number of piperidine rings is 1. The first-order chi connectivity index (χ1) is 11.3. The second kappa shape index (κ2) is 6.51. The highest BCUT2D eigenvalue weighted by atomic mass is 35.5. The first-order valence-corrected chi connectivity index (χ1v) is 8.46.